The summed E-state index contributed by atoms with van der Waals surface area (Å²) in [4.78, 5) is 24.7. The van der Waals surface area contributed by atoms with Crippen LogP contribution in [0.1, 0.15) is 144 Å². The quantitative estimate of drug-likeness (QED) is 0.132. The topological polar surface area (TPSA) is 52.6 Å². The molecular formula is C30H50O4. The van der Waals surface area contributed by atoms with E-state index in [1.807, 2.05) is 6.92 Å². The van der Waals surface area contributed by atoms with Gasteiger partial charge in [0, 0.05) is 0 Å². The van der Waals surface area contributed by atoms with Crippen molar-refractivity contribution in [3.8, 4) is 0 Å². The van der Waals surface area contributed by atoms with Gasteiger partial charge in [0.1, 0.15) is 0 Å². The molecule has 0 aliphatic heterocycles. The van der Waals surface area contributed by atoms with Gasteiger partial charge in [-0.25, -0.2) is 9.59 Å². The molecule has 0 N–H and O–H groups in total. The van der Waals surface area contributed by atoms with Gasteiger partial charge in [-0.15, -0.1) is 0 Å². The van der Waals surface area contributed by atoms with Crippen molar-refractivity contribution in [2.24, 2.45) is 5.92 Å². The van der Waals surface area contributed by atoms with Crippen molar-refractivity contribution in [3.63, 3.8) is 0 Å². The molecule has 0 aliphatic carbocycles. The molecule has 0 atom stereocenters. The predicted octanol–water partition coefficient (Wildman–Crippen LogP) is 8.92. The molecular weight excluding hydrogens is 424 g/mol. The lowest BCUT2D eigenvalue weighted by molar-refractivity contribution is 0.0451. The summed E-state index contributed by atoms with van der Waals surface area (Å²) in [5.74, 6) is -0.0458. The third kappa shape index (κ3) is 15.1. The minimum Gasteiger partial charge on any atom is -0.462 e. The van der Waals surface area contributed by atoms with Crippen LogP contribution in [0.5, 0.6) is 0 Å². The zero-order valence-corrected chi connectivity index (χ0v) is 22.2. The maximum absolute atomic E-state index is 12.4. The third-order valence-corrected chi connectivity index (χ3v) is 6.26. The summed E-state index contributed by atoms with van der Waals surface area (Å²) in [5, 5.41) is 0. The Morgan fingerprint density at radius 1 is 0.618 bits per heavy atom. The maximum Gasteiger partial charge on any atom is 0.339 e. The second-order valence-corrected chi connectivity index (χ2v) is 9.95. The summed E-state index contributed by atoms with van der Waals surface area (Å²) in [7, 11) is 0. The van der Waals surface area contributed by atoms with E-state index in [9.17, 15) is 9.59 Å². The molecule has 0 aliphatic rings. The van der Waals surface area contributed by atoms with Gasteiger partial charge in [0.15, 0.2) is 0 Å². The average molecular weight is 475 g/mol. The second-order valence-electron chi connectivity index (χ2n) is 9.95. The summed E-state index contributed by atoms with van der Waals surface area (Å²) < 4.78 is 10.7. The van der Waals surface area contributed by atoms with Crippen LogP contribution in [0.15, 0.2) is 24.3 Å². The van der Waals surface area contributed by atoms with Gasteiger partial charge in [-0.05, 0) is 30.9 Å². The Balaban J connectivity index is 2.02. The standard InChI is InChI=1S/C30H50O4/c1-4-5-24-33-29(31)27-22-18-19-23-28(27)30(32)34-25-20-16-14-12-10-8-6-7-9-11-13-15-17-21-26(2)3/h18-19,22-23,26H,4-17,20-21,24-25H2,1-3H3. The first kappa shape index (κ1) is 30.2. The molecule has 0 amide bonds. The van der Waals surface area contributed by atoms with Crippen LogP contribution in [0.3, 0.4) is 0 Å². The SMILES string of the molecule is CCCCOC(=O)c1ccccc1C(=O)OCCCCCCCCCCCCCCCC(C)C. The number of ether oxygens (including phenoxy) is 2. The summed E-state index contributed by atoms with van der Waals surface area (Å²) in [6, 6.07) is 6.74. The fourth-order valence-corrected chi connectivity index (χ4v) is 4.07. The number of rotatable bonds is 21. The van der Waals surface area contributed by atoms with Crippen molar-refractivity contribution < 1.29 is 19.1 Å². The van der Waals surface area contributed by atoms with Gasteiger partial charge in [-0.2, -0.15) is 0 Å². The van der Waals surface area contributed by atoms with Crippen LogP contribution >= 0.6 is 0 Å². The van der Waals surface area contributed by atoms with Gasteiger partial charge in [-0.1, -0.05) is 123 Å². The Kier molecular flexibility index (Phi) is 18.2. The number of esters is 2. The average Bonchev–Trinajstić information content (AvgIpc) is 2.83. The maximum atomic E-state index is 12.4. The summed E-state index contributed by atoms with van der Waals surface area (Å²) in [6.07, 6.45) is 20.0. The van der Waals surface area contributed by atoms with Crippen molar-refractivity contribution in [1.29, 1.82) is 0 Å². The molecule has 1 aromatic carbocycles. The van der Waals surface area contributed by atoms with E-state index in [1.165, 1.54) is 77.0 Å². The Hall–Kier alpha value is -1.84. The van der Waals surface area contributed by atoms with Crippen LogP contribution in [0.2, 0.25) is 0 Å². The van der Waals surface area contributed by atoms with Crippen LogP contribution in [0, 0.1) is 5.92 Å². The molecule has 0 fully saturated rings. The highest BCUT2D eigenvalue weighted by Crippen LogP contribution is 2.15. The van der Waals surface area contributed by atoms with E-state index in [4.69, 9.17) is 9.47 Å². The highest BCUT2D eigenvalue weighted by molar-refractivity contribution is 6.03. The van der Waals surface area contributed by atoms with E-state index >= 15 is 0 Å². The second kappa shape index (κ2) is 20.5. The van der Waals surface area contributed by atoms with Gasteiger partial charge < -0.3 is 9.47 Å². The molecule has 4 nitrogen and oxygen atoms in total. The van der Waals surface area contributed by atoms with Gasteiger partial charge in [0.05, 0.1) is 24.3 Å². The van der Waals surface area contributed by atoms with Crippen molar-refractivity contribution >= 4 is 11.9 Å². The molecule has 0 radical (unpaired) electrons. The minimum atomic E-state index is -0.456. The lowest BCUT2D eigenvalue weighted by Gasteiger charge is -2.09. The molecule has 0 bridgehead atoms. The van der Waals surface area contributed by atoms with E-state index in [1.54, 1.807) is 24.3 Å². The monoisotopic (exact) mass is 474 g/mol. The van der Waals surface area contributed by atoms with Crippen LogP contribution < -0.4 is 0 Å². The Labute approximate surface area is 209 Å². The first-order valence-electron chi connectivity index (χ1n) is 14.0. The Bertz CT molecular complexity index is 653. The van der Waals surface area contributed by atoms with Gasteiger partial charge in [-0.3, -0.25) is 0 Å². The van der Waals surface area contributed by atoms with E-state index < -0.39 is 11.9 Å². The number of hydrogen-bond donors (Lipinski definition) is 0. The number of benzene rings is 1. The van der Waals surface area contributed by atoms with Crippen molar-refractivity contribution in [2.75, 3.05) is 13.2 Å². The molecule has 1 rings (SSSR count). The smallest absolute Gasteiger partial charge is 0.339 e. The molecule has 1 aromatic rings. The first-order valence-corrected chi connectivity index (χ1v) is 14.0. The van der Waals surface area contributed by atoms with E-state index in [-0.39, 0.29) is 5.56 Å². The molecule has 0 unspecified atom stereocenters. The third-order valence-electron chi connectivity index (χ3n) is 6.26. The number of carbonyl (C=O) groups is 2. The van der Waals surface area contributed by atoms with Gasteiger partial charge in [0.25, 0.3) is 0 Å². The molecule has 0 spiro atoms. The first-order chi connectivity index (χ1) is 16.6. The molecule has 34 heavy (non-hydrogen) atoms. The molecule has 194 valence electrons. The molecule has 0 heterocycles. The zero-order valence-electron chi connectivity index (χ0n) is 22.2. The Morgan fingerprint density at radius 3 is 1.41 bits per heavy atom. The molecule has 0 aromatic heterocycles. The number of carbonyl (C=O) groups excluding carboxylic acids is 2. The van der Waals surface area contributed by atoms with Crippen molar-refractivity contribution in [1.82, 2.24) is 0 Å². The van der Waals surface area contributed by atoms with E-state index in [0.29, 0.717) is 18.8 Å². The molecule has 0 saturated heterocycles. The minimum absolute atomic E-state index is 0.287. The largest absolute Gasteiger partial charge is 0.462 e. The van der Waals surface area contributed by atoms with Crippen LogP contribution in [-0.4, -0.2) is 25.2 Å². The summed E-state index contributed by atoms with van der Waals surface area (Å²) in [6.45, 7) is 7.43. The Morgan fingerprint density at radius 2 is 1.00 bits per heavy atom. The van der Waals surface area contributed by atoms with Crippen LogP contribution in [0.4, 0.5) is 0 Å². The fraction of sp³-hybridized carbons (Fsp3) is 0.733. The number of unbranched alkanes of at least 4 members (excludes halogenated alkanes) is 13. The number of hydrogen-bond acceptors (Lipinski definition) is 4. The zero-order chi connectivity index (χ0) is 24.9. The summed E-state index contributed by atoms with van der Waals surface area (Å²) >= 11 is 0. The van der Waals surface area contributed by atoms with Crippen LogP contribution in [-0.2, 0) is 9.47 Å². The normalized spacial score (nSPS) is 11.1. The highest BCUT2D eigenvalue weighted by Gasteiger charge is 2.18. The lowest BCUT2D eigenvalue weighted by atomic mass is 10.0. The highest BCUT2D eigenvalue weighted by atomic mass is 16.5. The fourth-order valence-electron chi connectivity index (χ4n) is 4.07. The van der Waals surface area contributed by atoms with E-state index in [0.717, 1.165) is 31.6 Å². The van der Waals surface area contributed by atoms with Crippen LogP contribution in [0.25, 0.3) is 0 Å². The van der Waals surface area contributed by atoms with Crippen molar-refractivity contribution in [2.45, 2.75) is 124 Å². The molecule has 0 saturated carbocycles. The lowest BCUT2D eigenvalue weighted by Crippen LogP contribution is -2.15. The van der Waals surface area contributed by atoms with E-state index in [2.05, 4.69) is 13.8 Å². The van der Waals surface area contributed by atoms with Crippen molar-refractivity contribution in [3.05, 3.63) is 35.4 Å². The summed E-state index contributed by atoms with van der Waals surface area (Å²) in [5.41, 5.74) is 0.578. The van der Waals surface area contributed by atoms with Gasteiger partial charge in [0.2, 0.25) is 0 Å². The predicted molar refractivity (Wildman–Crippen MR) is 141 cm³/mol. The van der Waals surface area contributed by atoms with Gasteiger partial charge >= 0.3 is 11.9 Å². The molecule has 4 heteroatoms.